The first kappa shape index (κ1) is 18.7. The summed E-state index contributed by atoms with van der Waals surface area (Å²) in [6.07, 6.45) is 0. The van der Waals surface area contributed by atoms with Crippen molar-refractivity contribution in [2.45, 2.75) is 0 Å². The number of esters is 1. The standard InChI is InChI=1S/C21H23N3O3S/c1-22-8-10-24(11-9-22)15-6-4-14(5-7-15)18-13-17-20(28-18)16(21(26)27-3)12-19(25)23(17)2/h4-7,12-13H,8-11H2,1-3H3. The van der Waals surface area contributed by atoms with E-state index in [0.717, 1.165) is 46.8 Å². The van der Waals surface area contributed by atoms with Crippen LogP contribution in [0.2, 0.25) is 0 Å². The number of hydrogen-bond acceptors (Lipinski definition) is 6. The highest BCUT2D eigenvalue weighted by molar-refractivity contribution is 7.22. The van der Waals surface area contributed by atoms with Gasteiger partial charge in [-0.15, -0.1) is 11.3 Å². The Morgan fingerprint density at radius 3 is 2.36 bits per heavy atom. The number of nitrogens with zero attached hydrogens (tertiary/aromatic N) is 3. The molecular formula is C21H23N3O3S. The van der Waals surface area contributed by atoms with Crippen molar-refractivity contribution >= 4 is 33.2 Å². The van der Waals surface area contributed by atoms with Crippen LogP contribution in [0.4, 0.5) is 5.69 Å². The van der Waals surface area contributed by atoms with Gasteiger partial charge in [0.05, 0.1) is 22.9 Å². The molecule has 1 aliphatic rings. The summed E-state index contributed by atoms with van der Waals surface area (Å²) in [6, 6.07) is 11.8. The van der Waals surface area contributed by atoms with Gasteiger partial charge in [0.25, 0.3) is 5.56 Å². The fourth-order valence-corrected chi connectivity index (χ4v) is 4.73. The summed E-state index contributed by atoms with van der Waals surface area (Å²) < 4.78 is 7.20. The topological polar surface area (TPSA) is 54.8 Å². The number of ether oxygens (including phenoxy) is 1. The molecule has 0 unspecified atom stereocenters. The molecule has 3 aromatic rings. The second-order valence-electron chi connectivity index (χ2n) is 7.11. The minimum absolute atomic E-state index is 0.220. The number of aryl methyl sites for hydroxylation is 1. The molecule has 1 saturated heterocycles. The molecular weight excluding hydrogens is 374 g/mol. The minimum Gasteiger partial charge on any atom is -0.465 e. The number of rotatable bonds is 3. The Hall–Kier alpha value is -2.64. The SMILES string of the molecule is COC(=O)c1cc(=O)n(C)c2cc(-c3ccc(N4CCN(C)CC4)cc3)sc12. The Bertz CT molecular complexity index is 1080. The third kappa shape index (κ3) is 3.31. The van der Waals surface area contributed by atoms with E-state index < -0.39 is 5.97 Å². The van der Waals surface area contributed by atoms with Gasteiger partial charge in [-0.3, -0.25) is 4.79 Å². The van der Waals surface area contributed by atoms with Gasteiger partial charge in [-0.2, -0.15) is 0 Å². The lowest BCUT2D eigenvalue weighted by molar-refractivity contribution is 0.0603. The fraction of sp³-hybridized carbons (Fsp3) is 0.333. The molecule has 3 heterocycles. The van der Waals surface area contributed by atoms with Crippen molar-refractivity contribution in [1.82, 2.24) is 9.47 Å². The number of hydrogen-bond donors (Lipinski definition) is 0. The van der Waals surface area contributed by atoms with Crippen LogP contribution >= 0.6 is 11.3 Å². The molecule has 0 saturated carbocycles. The molecule has 6 nitrogen and oxygen atoms in total. The van der Waals surface area contributed by atoms with Gasteiger partial charge in [0.2, 0.25) is 0 Å². The van der Waals surface area contributed by atoms with Gasteiger partial charge in [-0.1, -0.05) is 12.1 Å². The number of carbonyl (C=O) groups excluding carboxylic acids is 1. The van der Waals surface area contributed by atoms with E-state index in [9.17, 15) is 9.59 Å². The zero-order chi connectivity index (χ0) is 19.8. The van der Waals surface area contributed by atoms with Crippen molar-refractivity contribution < 1.29 is 9.53 Å². The van der Waals surface area contributed by atoms with Crippen molar-refractivity contribution in [3.05, 3.63) is 52.3 Å². The van der Waals surface area contributed by atoms with Gasteiger partial charge in [0.15, 0.2) is 0 Å². The second kappa shape index (κ2) is 7.41. The zero-order valence-electron chi connectivity index (χ0n) is 16.3. The minimum atomic E-state index is -0.485. The molecule has 0 atom stereocenters. The predicted octanol–water partition coefficient (Wildman–Crippen LogP) is 2.81. The van der Waals surface area contributed by atoms with Crippen LogP contribution in [0.1, 0.15) is 10.4 Å². The highest BCUT2D eigenvalue weighted by Crippen LogP contribution is 2.35. The Labute approximate surface area is 167 Å². The Morgan fingerprint density at radius 1 is 1.04 bits per heavy atom. The molecule has 1 aromatic carbocycles. The van der Waals surface area contributed by atoms with E-state index in [0.29, 0.717) is 5.56 Å². The molecule has 7 heteroatoms. The smallest absolute Gasteiger partial charge is 0.339 e. The maximum atomic E-state index is 12.2. The summed E-state index contributed by atoms with van der Waals surface area (Å²) in [5.74, 6) is -0.485. The van der Waals surface area contributed by atoms with Gasteiger partial charge in [0.1, 0.15) is 0 Å². The molecule has 1 fully saturated rings. The molecule has 4 rings (SSSR count). The number of benzene rings is 1. The number of anilines is 1. The number of likely N-dealkylation sites (N-methyl/N-ethyl adjacent to an activating group) is 1. The average molecular weight is 398 g/mol. The van der Waals surface area contributed by atoms with Crippen molar-refractivity contribution in [3.63, 3.8) is 0 Å². The number of methoxy groups -OCH3 is 1. The number of piperazine rings is 1. The van der Waals surface area contributed by atoms with Gasteiger partial charge in [0, 0.05) is 49.9 Å². The van der Waals surface area contributed by atoms with E-state index in [4.69, 9.17) is 4.74 Å². The van der Waals surface area contributed by atoms with Crippen molar-refractivity contribution in [1.29, 1.82) is 0 Å². The number of aromatic nitrogens is 1. The molecule has 146 valence electrons. The zero-order valence-corrected chi connectivity index (χ0v) is 17.1. The molecule has 1 aliphatic heterocycles. The third-order valence-electron chi connectivity index (χ3n) is 5.34. The Kier molecular flexibility index (Phi) is 4.95. The van der Waals surface area contributed by atoms with Crippen LogP contribution in [0.5, 0.6) is 0 Å². The van der Waals surface area contributed by atoms with Crippen molar-refractivity contribution in [3.8, 4) is 10.4 Å². The quantitative estimate of drug-likeness (QED) is 0.636. The molecule has 0 radical (unpaired) electrons. The van der Waals surface area contributed by atoms with E-state index in [2.05, 4.69) is 41.1 Å². The highest BCUT2D eigenvalue weighted by atomic mass is 32.1. The summed E-state index contributed by atoms with van der Waals surface area (Å²) in [6.45, 7) is 4.21. The number of carbonyl (C=O) groups is 1. The Morgan fingerprint density at radius 2 is 1.71 bits per heavy atom. The van der Waals surface area contributed by atoms with Crippen molar-refractivity contribution in [2.75, 3.05) is 45.2 Å². The molecule has 0 bridgehead atoms. The van der Waals surface area contributed by atoms with E-state index in [1.54, 1.807) is 11.6 Å². The lowest BCUT2D eigenvalue weighted by atomic mass is 10.1. The first-order valence-corrected chi connectivity index (χ1v) is 10.1. The van der Waals surface area contributed by atoms with Gasteiger partial charge in [-0.25, -0.2) is 4.79 Å². The lowest BCUT2D eigenvalue weighted by Crippen LogP contribution is -2.44. The summed E-state index contributed by atoms with van der Waals surface area (Å²) >= 11 is 1.50. The summed E-state index contributed by atoms with van der Waals surface area (Å²) in [5, 5.41) is 0. The first-order chi connectivity index (χ1) is 13.5. The third-order valence-corrected chi connectivity index (χ3v) is 6.55. The fourth-order valence-electron chi connectivity index (χ4n) is 3.53. The van der Waals surface area contributed by atoms with Crippen LogP contribution in [0.3, 0.4) is 0 Å². The molecule has 0 N–H and O–H groups in total. The van der Waals surface area contributed by atoms with E-state index >= 15 is 0 Å². The van der Waals surface area contributed by atoms with Crippen LogP contribution in [-0.4, -0.2) is 55.8 Å². The maximum Gasteiger partial charge on any atom is 0.339 e. The normalized spacial score (nSPS) is 15.2. The summed E-state index contributed by atoms with van der Waals surface area (Å²) in [7, 11) is 5.20. The molecule has 0 spiro atoms. The number of fused-ring (bicyclic) bond motifs is 1. The first-order valence-electron chi connectivity index (χ1n) is 9.24. The van der Waals surface area contributed by atoms with Crippen molar-refractivity contribution in [2.24, 2.45) is 7.05 Å². The lowest BCUT2D eigenvalue weighted by Gasteiger charge is -2.34. The molecule has 0 aliphatic carbocycles. The monoisotopic (exact) mass is 397 g/mol. The number of thiophene rings is 1. The van der Waals surface area contributed by atoms with Gasteiger partial charge in [-0.05, 0) is 30.8 Å². The molecule has 2 aromatic heterocycles. The number of pyridine rings is 1. The van der Waals surface area contributed by atoms with Crippen LogP contribution < -0.4 is 10.5 Å². The summed E-state index contributed by atoms with van der Waals surface area (Å²) in [4.78, 5) is 30.1. The van der Waals surface area contributed by atoms with Crippen LogP contribution in [-0.2, 0) is 11.8 Å². The van der Waals surface area contributed by atoms with E-state index in [-0.39, 0.29) is 5.56 Å². The Balaban J connectivity index is 1.70. The van der Waals surface area contributed by atoms with E-state index in [1.165, 1.54) is 30.2 Å². The molecule has 28 heavy (non-hydrogen) atoms. The second-order valence-corrected chi connectivity index (χ2v) is 8.16. The van der Waals surface area contributed by atoms with Gasteiger partial charge < -0.3 is 19.1 Å². The average Bonchev–Trinajstić information content (AvgIpc) is 3.16. The molecule has 0 amide bonds. The maximum absolute atomic E-state index is 12.2. The van der Waals surface area contributed by atoms with Gasteiger partial charge >= 0.3 is 5.97 Å². The van der Waals surface area contributed by atoms with Crippen LogP contribution in [0.15, 0.2) is 41.2 Å². The van der Waals surface area contributed by atoms with E-state index in [1.807, 2.05) is 6.07 Å². The predicted molar refractivity (Wildman–Crippen MR) is 114 cm³/mol. The van der Waals surface area contributed by atoms with Crippen LogP contribution in [0.25, 0.3) is 20.7 Å². The highest BCUT2D eigenvalue weighted by Gasteiger charge is 2.18. The summed E-state index contributed by atoms with van der Waals surface area (Å²) in [5.41, 5.74) is 3.15. The van der Waals surface area contributed by atoms with Crippen LogP contribution in [0, 0.1) is 0 Å². The largest absolute Gasteiger partial charge is 0.465 e.